The van der Waals surface area contributed by atoms with E-state index in [4.69, 9.17) is 4.74 Å². The first-order valence-electron chi connectivity index (χ1n) is 6.54. The molecule has 3 heteroatoms. The van der Waals surface area contributed by atoms with Crippen LogP contribution in [0.4, 0.5) is 0 Å². The van der Waals surface area contributed by atoms with E-state index in [0.29, 0.717) is 5.92 Å². The minimum Gasteiger partial charge on any atom is -0.469 e. The van der Waals surface area contributed by atoms with Gasteiger partial charge < -0.3 is 4.74 Å². The van der Waals surface area contributed by atoms with Crippen molar-refractivity contribution in [2.45, 2.75) is 38.0 Å². The molecular formula is C15H19BrO2. The van der Waals surface area contributed by atoms with Crippen LogP contribution >= 0.6 is 15.9 Å². The Morgan fingerprint density at radius 2 is 1.94 bits per heavy atom. The summed E-state index contributed by atoms with van der Waals surface area (Å²) in [6.45, 7) is 0. The SMILES string of the molecule is COC(=O)C(CC1CCCC1)c1ccc(Br)cc1. The van der Waals surface area contributed by atoms with Gasteiger partial charge in [-0.15, -0.1) is 0 Å². The summed E-state index contributed by atoms with van der Waals surface area (Å²) in [6.07, 6.45) is 6.04. The second-order valence-electron chi connectivity index (χ2n) is 5.01. The van der Waals surface area contributed by atoms with Crippen LogP contribution in [0, 0.1) is 5.92 Å². The highest BCUT2D eigenvalue weighted by Crippen LogP contribution is 2.35. The predicted octanol–water partition coefficient (Wildman–Crippen LogP) is 4.29. The van der Waals surface area contributed by atoms with Gasteiger partial charge in [0.15, 0.2) is 0 Å². The van der Waals surface area contributed by atoms with Gasteiger partial charge >= 0.3 is 5.97 Å². The normalized spacial score (nSPS) is 17.7. The molecule has 0 heterocycles. The number of methoxy groups -OCH3 is 1. The highest BCUT2D eigenvalue weighted by molar-refractivity contribution is 9.10. The van der Waals surface area contributed by atoms with Crippen molar-refractivity contribution in [2.75, 3.05) is 7.11 Å². The predicted molar refractivity (Wildman–Crippen MR) is 75.5 cm³/mol. The standard InChI is InChI=1S/C15H19BrO2/c1-18-15(17)14(10-11-4-2-3-5-11)12-6-8-13(16)9-7-12/h6-9,11,14H,2-5,10H2,1H3. The van der Waals surface area contributed by atoms with E-state index >= 15 is 0 Å². The van der Waals surface area contributed by atoms with Crippen LogP contribution in [0.3, 0.4) is 0 Å². The van der Waals surface area contributed by atoms with E-state index in [0.717, 1.165) is 16.5 Å². The largest absolute Gasteiger partial charge is 0.469 e. The Hall–Kier alpha value is -0.830. The summed E-state index contributed by atoms with van der Waals surface area (Å²) < 4.78 is 5.99. The van der Waals surface area contributed by atoms with Gasteiger partial charge in [-0.2, -0.15) is 0 Å². The molecule has 0 N–H and O–H groups in total. The minimum absolute atomic E-state index is 0.105. The van der Waals surface area contributed by atoms with Gasteiger partial charge in [0.1, 0.15) is 0 Å². The van der Waals surface area contributed by atoms with Gasteiger partial charge in [-0.25, -0.2) is 0 Å². The summed E-state index contributed by atoms with van der Waals surface area (Å²) in [6, 6.07) is 8.00. The zero-order chi connectivity index (χ0) is 13.0. The molecule has 0 radical (unpaired) electrons. The van der Waals surface area contributed by atoms with Crippen molar-refractivity contribution >= 4 is 21.9 Å². The van der Waals surface area contributed by atoms with Crippen molar-refractivity contribution in [2.24, 2.45) is 5.92 Å². The van der Waals surface area contributed by atoms with E-state index in [1.54, 1.807) is 0 Å². The molecule has 1 atom stereocenters. The lowest BCUT2D eigenvalue weighted by molar-refractivity contribution is -0.142. The lowest BCUT2D eigenvalue weighted by atomic mass is 9.88. The molecule has 2 nitrogen and oxygen atoms in total. The number of hydrogen-bond acceptors (Lipinski definition) is 2. The number of carbonyl (C=O) groups is 1. The van der Waals surface area contributed by atoms with E-state index < -0.39 is 0 Å². The smallest absolute Gasteiger partial charge is 0.313 e. The molecule has 1 fully saturated rings. The Morgan fingerprint density at radius 3 is 2.50 bits per heavy atom. The average Bonchev–Trinajstić information content (AvgIpc) is 2.89. The number of hydrogen-bond donors (Lipinski definition) is 0. The van der Waals surface area contributed by atoms with Crippen LogP contribution in [0.1, 0.15) is 43.6 Å². The van der Waals surface area contributed by atoms with Crippen molar-refractivity contribution in [3.63, 3.8) is 0 Å². The van der Waals surface area contributed by atoms with E-state index in [-0.39, 0.29) is 11.9 Å². The summed E-state index contributed by atoms with van der Waals surface area (Å²) in [5.41, 5.74) is 1.07. The van der Waals surface area contributed by atoms with E-state index in [1.807, 2.05) is 24.3 Å². The Morgan fingerprint density at radius 1 is 1.33 bits per heavy atom. The van der Waals surface area contributed by atoms with E-state index in [9.17, 15) is 4.79 Å². The van der Waals surface area contributed by atoms with E-state index in [2.05, 4.69) is 15.9 Å². The first-order chi connectivity index (χ1) is 8.70. The van der Waals surface area contributed by atoms with Crippen molar-refractivity contribution in [3.8, 4) is 0 Å². The number of ether oxygens (including phenoxy) is 1. The maximum Gasteiger partial charge on any atom is 0.313 e. The number of esters is 1. The second-order valence-corrected chi connectivity index (χ2v) is 5.93. The summed E-state index contributed by atoms with van der Waals surface area (Å²) in [5, 5.41) is 0. The molecule has 0 spiro atoms. The molecular weight excluding hydrogens is 292 g/mol. The zero-order valence-electron chi connectivity index (χ0n) is 10.7. The molecule has 2 rings (SSSR count). The van der Waals surface area contributed by atoms with Gasteiger partial charge in [0, 0.05) is 4.47 Å². The molecule has 0 amide bonds. The molecule has 0 aromatic heterocycles. The second kappa shape index (κ2) is 6.37. The third-order valence-corrected chi connectivity index (χ3v) is 4.33. The highest BCUT2D eigenvalue weighted by atomic mass is 79.9. The Balaban J connectivity index is 2.13. The van der Waals surface area contributed by atoms with Crippen LogP contribution in [0.15, 0.2) is 28.7 Å². The molecule has 0 saturated heterocycles. The minimum atomic E-state index is -0.107. The van der Waals surface area contributed by atoms with Crippen LogP contribution < -0.4 is 0 Å². The van der Waals surface area contributed by atoms with Crippen LogP contribution in [0.25, 0.3) is 0 Å². The van der Waals surface area contributed by atoms with Gasteiger partial charge in [0.05, 0.1) is 13.0 Å². The maximum atomic E-state index is 12.0. The van der Waals surface area contributed by atoms with E-state index in [1.165, 1.54) is 32.8 Å². The van der Waals surface area contributed by atoms with Gasteiger partial charge in [-0.3, -0.25) is 4.79 Å². The van der Waals surface area contributed by atoms with Crippen LogP contribution in [0.2, 0.25) is 0 Å². The Kier molecular flexibility index (Phi) is 4.81. The molecule has 1 saturated carbocycles. The Bertz CT molecular complexity index is 393. The number of carbonyl (C=O) groups excluding carboxylic acids is 1. The zero-order valence-corrected chi connectivity index (χ0v) is 12.3. The summed E-state index contributed by atoms with van der Waals surface area (Å²) >= 11 is 3.42. The monoisotopic (exact) mass is 310 g/mol. The van der Waals surface area contributed by atoms with Crippen molar-refractivity contribution < 1.29 is 9.53 Å². The molecule has 0 bridgehead atoms. The summed E-state index contributed by atoms with van der Waals surface area (Å²) in [7, 11) is 1.48. The first kappa shape index (κ1) is 13.6. The van der Waals surface area contributed by atoms with Gasteiger partial charge in [0.25, 0.3) is 0 Å². The number of benzene rings is 1. The molecule has 18 heavy (non-hydrogen) atoms. The average molecular weight is 311 g/mol. The topological polar surface area (TPSA) is 26.3 Å². The molecule has 98 valence electrons. The first-order valence-corrected chi connectivity index (χ1v) is 7.33. The van der Waals surface area contributed by atoms with Crippen LogP contribution in [-0.4, -0.2) is 13.1 Å². The Labute approximate surface area is 117 Å². The van der Waals surface area contributed by atoms with Crippen molar-refractivity contribution in [1.29, 1.82) is 0 Å². The fraction of sp³-hybridized carbons (Fsp3) is 0.533. The molecule has 1 aromatic rings. The maximum absolute atomic E-state index is 12.0. The summed E-state index contributed by atoms with van der Waals surface area (Å²) in [4.78, 5) is 12.0. The van der Waals surface area contributed by atoms with Gasteiger partial charge in [-0.05, 0) is 30.0 Å². The lowest BCUT2D eigenvalue weighted by Crippen LogP contribution is -2.17. The van der Waals surface area contributed by atoms with Crippen LogP contribution in [0.5, 0.6) is 0 Å². The fourth-order valence-corrected chi connectivity index (χ4v) is 3.05. The molecule has 1 aromatic carbocycles. The highest BCUT2D eigenvalue weighted by Gasteiger charge is 2.27. The van der Waals surface area contributed by atoms with Crippen LogP contribution in [-0.2, 0) is 9.53 Å². The quantitative estimate of drug-likeness (QED) is 0.776. The third kappa shape index (κ3) is 3.35. The van der Waals surface area contributed by atoms with Gasteiger partial charge in [-0.1, -0.05) is 53.7 Å². The lowest BCUT2D eigenvalue weighted by Gasteiger charge is -2.18. The fourth-order valence-electron chi connectivity index (χ4n) is 2.79. The summed E-state index contributed by atoms with van der Waals surface area (Å²) in [5.74, 6) is 0.466. The van der Waals surface area contributed by atoms with Crippen molar-refractivity contribution in [3.05, 3.63) is 34.3 Å². The number of rotatable bonds is 4. The third-order valence-electron chi connectivity index (χ3n) is 3.80. The number of halogens is 1. The molecule has 1 aliphatic carbocycles. The molecule has 1 aliphatic rings. The van der Waals surface area contributed by atoms with Gasteiger partial charge in [0.2, 0.25) is 0 Å². The molecule has 0 aliphatic heterocycles. The van der Waals surface area contributed by atoms with Crippen molar-refractivity contribution in [1.82, 2.24) is 0 Å². The molecule has 1 unspecified atom stereocenters.